The zero-order valence-corrected chi connectivity index (χ0v) is 15.6. The summed E-state index contributed by atoms with van der Waals surface area (Å²) in [6.07, 6.45) is -6.72. The molecule has 1 unspecified atom stereocenters. The first kappa shape index (κ1) is 22.9. The number of rotatable bonds is 9. The van der Waals surface area contributed by atoms with Crippen LogP contribution in [0.5, 0.6) is 0 Å². The van der Waals surface area contributed by atoms with Crippen LogP contribution in [0.1, 0.15) is 34.1 Å². The lowest BCUT2D eigenvalue weighted by atomic mass is 9.77. The molecule has 5 nitrogen and oxygen atoms in total. The van der Waals surface area contributed by atoms with Crippen LogP contribution in [0.25, 0.3) is 0 Å². The first-order valence-electron chi connectivity index (χ1n) is 8.60. The van der Waals surface area contributed by atoms with Crippen LogP contribution >= 0.6 is 0 Å². The summed E-state index contributed by atoms with van der Waals surface area (Å²) in [5.41, 5.74) is -3.03. The number of hydrogen-bond donors (Lipinski definition) is 0. The molecular weight excluding hydrogens is 370 g/mol. The zero-order valence-electron chi connectivity index (χ0n) is 15.6. The summed E-state index contributed by atoms with van der Waals surface area (Å²) < 4.78 is 60.1. The molecule has 0 aromatic rings. The Kier molecular flexibility index (Phi) is 8.18. The lowest BCUT2D eigenvalue weighted by molar-refractivity contribution is -0.139. The summed E-state index contributed by atoms with van der Waals surface area (Å²) in [6, 6.07) is 0. The molecule has 0 bridgehead atoms. The smallest absolute Gasteiger partial charge is 0.336 e. The molecular formula is C18H23F4NO4. The van der Waals surface area contributed by atoms with E-state index in [0.717, 1.165) is 0 Å². The number of alkyl halides is 4. The van der Waals surface area contributed by atoms with Gasteiger partial charge in [0, 0.05) is 18.0 Å². The third kappa shape index (κ3) is 4.75. The van der Waals surface area contributed by atoms with Crippen LogP contribution in [0, 0.1) is 11.8 Å². The van der Waals surface area contributed by atoms with Crippen molar-refractivity contribution in [3.63, 3.8) is 0 Å². The summed E-state index contributed by atoms with van der Waals surface area (Å²) >= 11 is 0. The molecule has 27 heavy (non-hydrogen) atoms. The standard InChI is InChI=1S/C18H23F4NO4/c1-5-23-14(16(19)20)12(11(25)8-24)10(7-9(3)4)13(15(23)17(21)22)18(26)27-6-2/h8-10,16-17H,5-7H2,1-4H3. The van der Waals surface area contributed by atoms with Gasteiger partial charge >= 0.3 is 5.97 Å². The fraction of sp³-hybridized carbons (Fsp3) is 0.611. The van der Waals surface area contributed by atoms with Gasteiger partial charge in [-0.3, -0.25) is 9.59 Å². The van der Waals surface area contributed by atoms with E-state index >= 15 is 0 Å². The molecule has 152 valence electrons. The SMILES string of the molecule is CCOC(=O)C1=C(C(F)F)N(CC)C(C(F)F)=C(C(=O)C=O)C1CC(C)C. The van der Waals surface area contributed by atoms with E-state index in [-0.39, 0.29) is 31.8 Å². The number of nitrogens with zero attached hydrogens (tertiary/aromatic N) is 1. The Hall–Kier alpha value is -2.19. The molecule has 0 radical (unpaired) electrons. The summed E-state index contributed by atoms with van der Waals surface area (Å²) in [4.78, 5) is 36.3. The highest BCUT2D eigenvalue weighted by Gasteiger charge is 2.45. The molecule has 1 heterocycles. The van der Waals surface area contributed by atoms with Crippen molar-refractivity contribution in [1.82, 2.24) is 4.90 Å². The van der Waals surface area contributed by atoms with E-state index in [0.29, 0.717) is 4.90 Å². The monoisotopic (exact) mass is 393 g/mol. The van der Waals surface area contributed by atoms with Crippen molar-refractivity contribution in [2.24, 2.45) is 11.8 Å². The second-order valence-corrected chi connectivity index (χ2v) is 6.33. The lowest BCUT2D eigenvalue weighted by Gasteiger charge is -2.39. The Bertz CT molecular complexity index is 656. The minimum absolute atomic E-state index is 0.0486. The van der Waals surface area contributed by atoms with Gasteiger partial charge in [0.1, 0.15) is 0 Å². The summed E-state index contributed by atoms with van der Waals surface area (Å²) in [5.74, 6) is -3.98. The maximum absolute atomic E-state index is 13.8. The van der Waals surface area contributed by atoms with E-state index in [1.807, 2.05) is 0 Å². The van der Waals surface area contributed by atoms with Gasteiger partial charge in [0.15, 0.2) is 6.29 Å². The number of esters is 1. The molecule has 1 rings (SSSR count). The van der Waals surface area contributed by atoms with Crippen LogP contribution in [0.4, 0.5) is 17.6 Å². The van der Waals surface area contributed by atoms with Gasteiger partial charge in [-0.15, -0.1) is 0 Å². The van der Waals surface area contributed by atoms with Gasteiger partial charge in [0.05, 0.1) is 23.6 Å². The number of ether oxygens (including phenoxy) is 1. The molecule has 0 spiro atoms. The highest BCUT2D eigenvalue weighted by atomic mass is 19.3. The van der Waals surface area contributed by atoms with E-state index in [9.17, 15) is 31.9 Å². The Morgan fingerprint density at radius 1 is 1.07 bits per heavy atom. The Balaban J connectivity index is 3.90. The fourth-order valence-electron chi connectivity index (χ4n) is 3.26. The molecule has 1 aliphatic heterocycles. The topological polar surface area (TPSA) is 63.7 Å². The molecule has 0 aromatic carbocycles. The fourth-order valence-corrected chi connectivity index (χ4v) is 3.26. The predicted molar refractivity (Wildman–Crippen MR) is 89.1 cm³/mol. The van der Waals surface area contributed by atoms with Gasteiger partial charge in [0.25, 0.3) is 12.9 Å². The minimum atomic E-state index is -3.28. The van der Waals surface area contributed by atoms with Gasteiger partial charge in [-0.25, -0.2) is 22.4 Å². The normalized spacial score (nSPS) is 18.0. The first-order valence-corrected chi connectivity index (χ1v) is 8.60. The molecule has 1 atom stereocenters. The Labute approximate surface area is 155 Å². The summed E-state index contributed by atoms with van der Waals surface area (Å²) in [7, 11) is 0. The van der Waals surface area contributed by atoms with Crippen molar-refractivity contribution in [3.8, 4) is 0 Å². The van der Waals surface area contributed by atoms with Crippen molar-refractivity contribution in [2.45, 2.75) is 47.0 Å². The maximum Gasteiger partial charge on any atom is 0.336 e. The third-order valence-corrected chi connectivity index (χ3v) is 4.13. The number of carbonyl (C=O) groups is 3. The van der Waals surface area contributed by atoms with Crippen LogP contribution in [0.2, 0.25) is 0 Å². The van der Waals surface area contributed by atoms with Crippen molar-refractivity contribution >= 4 is 18.0 Å². The molecule has 0 saturated heterocycles. The number of aldehydes is 1. The summed E-state index contributed by atoms with van der Waals surface area (Å²) in [6.45, 7) is 5.70. The molecule has 0 N–H and O–H groups in total. The van der Waals surface area contributed by atoms with E-state index in [4.69, 9.17) is 4.74 Å². The van der Waals surface area contributed by atoms with Crippen LogP contribution in [0.15, 0.2) is 22.5 Å². The predicted octanol–water partition coefficient (Wildman–Crippen LogP) is 3.35. The van der Waals surface area contributed by atoms with Crippen LogP contribution in [0.3, 0.4) is 0 Å². The van der Waals surface area contributed by atoms with E-state index < -0.39 is 53.1 Å². The lowest BCUT2D eigenvalue weighted by Crippen LogP contribution is -2.42. The first-order chi connectivity index (χ1) is 12.6. The molecule has 0 saturated carbocycles. The van der Waals surface area contributed by atoms with Gasteiger partial charge in [-0.2, -0.15) is 0 Å². The highest BCUT2D eigenvalue weighted by molar-refractivity contribution is 6.33. The quantitative estimate of drug-likeness (QED) is 0.260. The van der Waals surface area contributed by atoms with Gasteiger partial charge in [0.2, 0.25) is 5.78 Å². The number of carbonyl (C=O) groups excluding carboxylic acids is 3. The molecule has 0 fully saturated rings. The van der Waals surface area contributed by atoms with Crippen molar-refractivity contribution < 1.29 is 36.7 Å². The average Bonchev–Trinajstić information content (AvgIpc) is 2.58. The molecule has 0 amide bonds. The summed E-state index contributed by atoms with van der Waals surface area (Å²) in [5, 5.41) is 0. The van der Waals surface area contributed by atoms with Crippen molar-refractivity contribution in [3.05, 3.63) is 22.5 Å². The molecule has 1 aliphatic rings. The van der Waals surface area contributed by atoms with E-state index in [1.165, 1.54) is 13.8 Å². The number of allylic oxidation sites excluding steroid dienone is 3. The van der Waals surface area contributed by atoms with Crippen molar-refractivity contribution in [2.75, 3.05) is 13.2 Å². The largest absolute Gasteiger partial charge is 0.463 e. The van der Waals surface area contributed by atoms with Gasteiger partial charge < -0.3 is 9.64 Å². The van der Waals surface area contributed by atoms with E-state index in [2.05, 4.69) is 0 Å². The average molecular weight is 393 g/mol. The number of hydrogen-bond acceptors (Lipinski definition) is 5. The number of Topliss-reactive ketones (excluding diaryl/α,β-unsaturated/α-hetero) is 1. The number of halogens is 4. The van der Waals surface area contributed by atoms with Crippen LogP contribution in [-0.2, 0) is 19.1 Å². The number of ketones is 1. The maximum atomic E-state index is 13.8. The Morgan fingerprint density at radius 2 is 1.59 bits per heavy atom. The second kappa shape index (κ2) is 9.66. The zero-order chi connectivity index (χ0) is 20.9. The van der Waals surface area contributed by atoms with E-state index in [1.54, 1.807) is 13.8 Å². The third-order valence-electron chi connectivity index (χ3n) is 4.13. The van der Waals surface area contributed by atoms with Crippen molar-refractivity contribution in [1.29, 1.82) is 0 Å². The van der Waals surface area contributed by atoms with Gasteiger partial charge in [-0.1, -0.05) is 13.8 Å². The molecule has 9 heteroatoms. The second-order valence-electron chi connectivity index (χ2n) is 6.33. The molecule has 0 aromatic heterocycles. The van der Waals surface area contributed by atoms with Crippen LogP contribution in [-0.4, -0.2) is 48.9 Å². The van der Waals surface area contributed by atoms with Crippen LogP contribution < -0.4 is 0 Å². The van der Waals surface area contributed by atoms with Gasteiger partial charge in [-0.05, 0) is 26.2 Å². The molecule has 0 aliphatic carbocycles. The Morgan fingerprint density at radius 3 is 1.96 bits per heavy atom. The highest BCUT2D eigenvalue weighted by Crippen LogP contribution is 2.43. The minimum Gasteiger partial charge on any atom is -0.463 e.